The summed E-state index contributed by atoms with van der Waals surface area (Å²) < 4.78 is 46.5. The summed E-state index contributed by atoms with van der Waals surface area (Å²) in [5.74, 6) is -0.497. The zero-order valence-electron chi connectivity index (χ0n) is 17.1. The Labute approximate surface area is 165 Å². The van der Waals surface area contributed by atoms with E-state index in [0.29, 0.717) is 0 Å². The lowest BCUT2D eigenvalue weighted by atomic mass is 9.91. The van der Waals surface area contributed by atoms with Crippen molar-refractivity contribution in [3.63, 3.8) is 0 Å². The minimum absolute atomic E-state index is 0.156. The molecule has 0 saturated carbocycles. The molecule has 1 aliphatic rings. The number of rotatable bonds is 14. The van der Waals surface area contributed by atoms with Gasteiger partial charge in [-0.1, -0.05) is 19.1 Å². The van der Waals surface area contributed by atoms with Gasteiger partial charge >= 0.3 is 15.2 Å². The van der Waals surface area contributed by atoms with Crippen LogP contribution >= 0.6 is 15.2 Å². The van der Waals surface area contributed by atoms with Crippen LogP contribution in [0.15, 0.2) is 23.5 Å². The van der Waals surface area contributed by atoms with Gasteiger partial charge in [0, 0.05) is 0 Å². The second kappa shape index (κ2) is 11.7. The second-order valence-corrected chi connectivity index (χ2v) is 9.92. The van der Waals surface area contributed by atoms with Crippen LogP contribution in [0.5, 0.6) is 0 Å². The standard InChI is InChI=1S/C16H30O10P2/c1-7-19-23-27(17,24-20-8-2)15-11-12-16(6,14(5)13-15)28(18,25-21-9-3)26-22-10-4/h11-14H,7-10H2,1-6H3. The van der Waals surface area contributed by atoms with Crippen LogP contribution in [-0.4, -0.2) is 31.6 Å². The van der Waals surface area contributed by atoms with Crippen molar-refractivity contribution >= 4 is 15.2 Å². The molecule has 28 heavy (non-hydrogen) atoms. The van der Waals surface area contributed by atoms with Gasteiger partial charge in [0.1, 0.15) is 0 Å². The molecule has 1 aliphatic carbocycles. The van der Waals surface area contributed by atoms with Crippen LogP contribution in [0, 0.1) is 5.92 Å². The van der Waals surface area contributed by atoms with Crippen molar-refractivity contribution in [3.05, 3.63) is 23.5 Å². The quantitative estimate of drug-likeness (QED) is 0.204. The summed E-state index contributed by atoms with van der Waals surface area (Å²) in [5, 5.41) is -0.998. The van der Waals surface area contributed by atoms with Crippen LogP contribution in [0.25, 0.3) is 0 Å². The van der Waals surface area contributed by atoms with E-state index in [0.717, 1.165) is 0 Å². The summed E-state index contributed by atoms with van der Waals surface area (Å²) in [6.07, 6.45) is 4.54. The summed E-state index contributed by atoms with van der Waals surface area (Å²) in [6.45, 7) is 10.7. The third kappa shape index (κ3) is 6.06. The average Bonchev–Trinajstić information content (AvgIpc) is 2.69. The summed E-state index contributed by atoms with van der Waals surface area (Å²) in [7, 11) is -7.85. The predicted octanol–water partition coefficient (Wildman–Crippen LogP) is 5.09. The van der Waals surface area contributed by atoms with E-state index >= 15 is 0 Å². The third-order valence-corrected chi connectivity index (χ3v) is 7.79. The molecule has 1 rings (SSSR count). The van der Waals surface area contributed by atoms with E-state index < -0.39 is 26.3 Å². The molecule has 12 heteroatoms. The second-order valence-electron chi connectivity index (χ2n) is 5.86. The SMILES string of the molecule is CCOOP(=O)(OOCC)C1=CC(C)C(C)(P(=O)(OOCC)OOCC)C=C1. The Morgan fingerprint density at radius 1 is 0.857 bits per heavy atom. The van der Waals surface area contributed by atoms with E-state index in [9.17, 15) is 9.13 Å². The molecule has 0 aromatic rings. The first-order valence-electron chi connectivity index (χ1n) is 9.09. The molecule has 0 aliphatic heterocycles. The summed E-state index contributed by atoms with van der Waals surface area (Å²) >= 11 is 0. The van der Waals surface area contributed by atoms with Crippen LogP contribution < -0.4 is 0 Å². The van der Waals surface area contributed by atoms with Gasteiger partial charge in [0.2, 0.25) is 0 Å². The van der Waals surface area contributed by atoms with Gasteiger partial charge in [-0.3, -0.25) is 4.57 Å². The van der Waals surface area contributed by atoms with Crippen molar-refractivity contribution in [1.82, 2.24) is 0 Å². The molecule has 2 unspecified atom stereocenters. The molecule has 0 heterocycles. The van der Waals surface area contributed by atoms with Crippen LogP contribution in [-0.2, 0) is 47.4 Å². The van der Waals surface area contributed by atoms with E-state index in [1.54, 1.807) is 47.6 Å². The Morgan fingerprint density at radius 3 is 1.68 bits per heavy atom. The fraction of sp³-hybridized carbons (Fsp3) is 0.750. The van der Waals surface area contributed by atoms with E-state index in [4.69, 9.17) is 38.2 Å². The Hall–Kier alpha value is -0.380. The number of allylic oxidation sites excluding steroid dienone is 4. The third-order valence-electron chi connectivity index (χ3n) is 3.92. The maximum atomic E-state index is 13.4. The van der Waals surface area contributed by atoms with Gasteiger partial charge in [-0.25, -0.2) is 24.1 Å². The van der Waals surface area contributed by atoms with Crippen LogP contribution in [0.4, 0.5) is 0 Å². The van der Waals surface area contributed by atoms with Crippen molar-refractivity contribution in [1.29, 1.82) is 0 Å². The highest BCUT2D eigenvalue weighted by Gasteiger charge is 2.53. The Balaban J connectivity index is 3.19. The zero-order valence-corrected chi connectivity index (χ0v) is 18.9. The molecule has 0 radical (unpaired) electrons. The predicted molar refractivity (Wildman–Crippen MR) is 101 cm³/mol. The molecule has 0 bridgehead atoms. The molecule has 0 saturated heterocycles. The smallest absolute Gasteiger partial charge is 0.254 e. The minimum atomic E-state index is -3.93. The molecule has 10 nitrogen and oxygen atoms in total. The molecule has 0 spiro atoms. The highest BCUT2D eigenvalue weighted by atomic mass is 31.2. The van der Waals surface area contributed by atoms with Gasteiger partial charge in [0.15, 0.2) is 0 Å². The largest absolute Gasteiger partial charge is 0.414 e. The molecular weight excluding hydrogens is 414 g/mol. The first kappa shape index (κ1) is 25.7. The van der Waals surface area contributed by atoms with E-state index in [2.05, 4.69) is 0 Å². The van der Waals surface area contributed by atoms with Gasteiger partial charge in [0.05, 0.1) is 36.9 Å². The zero-order chi connectivity index (χ0) is 21.3. The molecule has 0 amide bonds. The molecule has 0 aromatic carbocycles. The Morgan fingerprint density at radius 2 is 1.29 bits per heavy atom. The van der Waals surface area contributed by atoms with Crippen molar-refractivity contribution in [3.8, 4) is 0 Å². The van der Waals surface area contributed by atoms with E-state index in [1.165, 1.54) is 12.2 Å². The molecule has 0 N–H and O–H groups in total. The summed E-state index contributed by atoms with van der Waals surface area (Å²) in [6, 6.07) is 0. The highest BCUT2D eigenvalue weighted by Crippen LogP contribution is 2.67. The maximum absolute atomic E-state index is 13.4. The van der Waals surface area contributed by atoms with Gasteiger partial charge < -0.3 is 0 Å². The van der Waals surface area contributed by atoms with Crippen LogP contribution in [0.3, 0.4) is 0 Å². The first-order chi connectivity index (χ1) is 13.2. The molecular formula is C16H30O10P2. The monoisotopic (exact) mass is 444 g/mol. The van der Waals surface area contributed by atoms with Crippen LogP contribution in [0.2, 0.25) is 0 Å². The maximum Gasteiger partial charge on any atom is 0.414 e. The first-order valence-corrected chi connectivity index (χ1v) is 12.2. The van der Waals surface area contributed by atoms with Crippen LogP contribution in [0.1, 0.15) is 41.5 Å². The van der Waals surface area contributed by atoms with Crippen molar-refractivity contribution in [2.24, 2.45) is 5.92 Å². The molecule has 2 atom stereocenters. The molecule has 0 aromatic heterocycles. The topological polar surface area (TPSA) is 108 Å². The number of hydrogen-bond acceptors (Lipinski definition) is 10. The lowest BCUT2D eigenvalue weighted by Crippen LogP contribution is -2.34. The molecule has 164 valence electrons. The van der Waals surface area contributed by atoms with E-state index in [-0.39, 0.29) is 31.7 Å². The van der Waals surface area contributed by atoms with Crippen molar-refractivity contribution in [2.45, 2.75) is 46.7 Å². The normalized spacial score (nSPS) is 23.1. The summed E-state index contributed by atoms with van der Waals surface area (Å²) in [5.41, 5.74) is 0. The Bertz CT molecular complexity index is 611. The lowest BCUT2D eigenvalue weighted by molar-refractivity contribution is -0.266. The Kier molecular flexibility index (Phi) is 10.7. The van der Waals surface area contributed by atoms with E-state index in [1.807, 2.05) is 0 Å². The lowest BCUT2D eigenvalue weighted by Gasteiger charge is -2.37. The van der Waals surface area contributed by atoms with Crippen molar-refractivity contribution < 1.29 is 47.4 Å². The van der Waals surface area contributed by atoms with Gasteiger partial charge in [-0.2, -0.15) is 0 Å². The van der Waals surface area contributed by atoms with Gasteiger partial charge in [-0.15, -0.1) is 18.7 Å². The fourth-order valence-corrected chi connectivity index (χ4v) is 5.18. The summed E-state index contributed by atoms with van der Waals surface area (Å²) in [4.78, 5) is 19.4. The fourth-order valence-electron chi connectivity index (χ4n) is 2.17. The van der Waals surface area contributed by atoms with Gasteiger partial charge in [-0.05, 0) is 46.6 Å². The average molecular weight is 444 g/mol. The highest BCUT2D eigenvalue weighted by molar-refractivity contribution is 7.58. The number of hydrogen-bond donors (Lipinski definition) is 0. The van der Waals surface area contributed by atoms with Crippen molar-refractivity contribution in [2.75, 3.05) is 26.4 Å². The minimum Gasteiger partial charge on any atom is -0.254 e. The van der Waals surface area contributed by atoms with Gasteiger partial charge in [0.25, 0.3) is 0 Å². The molecule has 0 fully saturated rings.